The van der Waals surface area contributed by atoms with Crippen LogP contribution in [-0.4, -0.2) is 47.9 Å². The lowest BCUT2D eigenvalue weighted by molar-refractivity contribution is -0.148. The van der Waals surface area contributed by atoms with Gasteiger partial charge in [-0.25, -0.2) is 9.59 Å². The predicted molar refractivity (Wildman–Crippen MR) is 111 cm³/mol. The van der Waals surface area contributed by atoms with Crippen molar-refractivity contribution in [3.05, 3.63) is 47.6 Å². The number of ether oxygens (including phenoxy) is 1. The molecule has 1 N–H and O–H groups in total. The van der Waals surface area contributed by atoms with E-state index in [4.69, 9.17) is 4.74 Å². The summed E-state index contributed by atoms with van der Waals surface area (Å²) in [5.74, 6) is -1.27. The van der Waals surface area contributed by atoms with Crippen LogP contribution in [0.2, 0.25) is 0 Å². The smallest absolute Gasteiger partial charge is 0.331 e. The van der Waals surface area contributed by atoms with Crippen molar-refractivity contribution in [2.45, 2.75) is 38.8 Å². The number of amides is 4. The number of anilines is 1. The average molecular weight is 411 g/mol. The normalized spacial score (nSPS) is 21.7. The maximum absolute atomic E-state index is 13.2. The third kappa shape index (κ3) is 3.85. The number of nitrogens with one attached hydrogen (secondary N) is 1. The fraction of sp³-hybridized carbons (Fsp3) is 0.364. The molecule has 0 aromatic heterocycles. The van der Waals surface area contributed by atoms with Gasteiger partial charge in [-0.1, -0.05) is 18.2 Å². The number of rotatable bonds is 3. The molecule has 0 radical (unpaired) electrons. The molecule has 2 aliphatic rings. The summed E-state index contributed by atoms with van der Waals surface area (Å²) in [7, 11) is 1.63. The number of hydrogen-bond acceptors (Lipinski definition) is 5. The maximum Gasteiger partial charge on any atom is 0.331 e. The van der Waals surface area contributed by atoms with E-state index in [1.54, 1.807) is 65.1 Å². The van der Waals surface area contributed by atoms with Crippen molar-refractivity contribution in [3.63, 3.8) is 0 Å². The van der Waals surface area contributed by atoms with E-state index in [0.29, 0.717) is 16.8 Å². The maximum atomic E-state index is 13.2. The second-order valence-electron chi connectivity index (χ2n) is 8.39. The molecule has 0 bridgehead atoms. The highest BCUT2D eigenvalue weighted by Gasteiger charge is 2.52. The van der Waals surface area contributed by atoms with E-state index >= 15 is 0 Å². The molecule has 0 saturated heterocycles. The van der Waals surface area contributed by atoms with Crippen molar-refractivity contribution in [2.75, 3.05) is 18.5 Å². The first-order valence-electron chi connectivity index (χ1n) is 9.56. The first-order chi connectivity index (χ1) is 13.9. The van der Waals surface area contributed by atoms with E-state index in [1.807, 2.05) is 0 Å². The zero-order valence-corrected chi connectivity index (χ0v) is 17.7. The number of fused-ring (bicyclic) bond motifs is 1. The van der Waals surface area contributed by atoms with Crippen LogP contribution in [0.15, 0.2) is 36.4 Å². The van der Waals surface area contributed by atoms with E-state index in [9.17, 15) is 19.2 Å². The topological polar surface area (TPSA) is 96.0 Å². The minimum Gasteiger partial charge on any atom is -0.457 e. The Bertz CT molecular complexity index is 989. The van der Waals surface area contributed by atoms with Gasteiger partial charge in [-0.2, -0.15) is 0 Å². The van der Waals surface area contributed by atoms with Gasteiger partial charge in [0, 0.05) is 31.3 Å². The Kier molecular flexibility index (Phi) is 5.28. The molecule has 1 aromatic rings. The third-order valence-electron chi connectivity index (χ3n) is 5.02. The van der Waals surface area contributed by atoms with Crippen molar-refractivity contribution in [2.24, 2.45) is 0 Å². The Morgan fingerprint density at radius 1 is 1.23 bits per heavy atom. The molecule has 8 nitrogen and oxygen atoms in total. The molecule has 3 rings (SSSR count). The minimum absolute atomic E-state index is 0.118. The van der Waals surface area contributed by atoms with E-state index in [0.717, 1.165) is 0 Å². The predicted octanol–water partition coefficient (Wildman–Crippen LogP) is 2.34. The Balaban J connectivity index is 1.94. The average Bonchev–Trinajstić information content (AvgIpc) is 2.76. The summed E-state index contributed by atoms with van der Waals surface area (Å²) in [5, 5.41) is 2.25. The van der Waals surface area contributed by atoms with Gasteiger partial charge in [0.05, 0.1) is 5.69 Å². The molecular weight excluding hydrogens is 386 g/mol. The molecule has 158 valence electrons. The van der Waals surface area contributed by atoms with Crippen LogP contribution in [0.1, 0.15) is 38.8 Å². The molecule has 0 aliphatic carbocycles. The van der Waals surface area contributed by atoms with Crippen LogP contribution in [0.5, 0.6) is 0 Å². The fourth-order valence-corrected chi connectivity index (χ4v) is 3.60. The highest BCUT2D eigenvalue weighted by atomic mass is 16.6. The molecule has 2 heterocycles. The molecule has 2 aliphatic heterocycles. The number of likely N-dealkylation sites (N-methyl/N-ethyl adjacent to an activating group) is 1. The SMILES string of the molecule is CN1C(=O)C(C)(N2CC=CC(=O)NC2=O)c2ccc(/C=C/C(=O)OC(C)(C)C)cc21. The zero-order chi connectivity index (χ0) is 22.3. The van der Waals surface area contributed by atoms with Crippen LogP contribution in [0, 0.1) is 0 Å². The van der Waals surface area contributed by atoms with Gasteiger partial charge in [0.25, 0.3) is 11.8 Å². The summed E-state index contributed by atoms with van der Waals surface area (Å²) in [5.41, 5.74) is 0.121. The molecule has 0 saturated carbocycles. The van der Waals surface area contributed by atoms with Crippen LogP contribution in [0.25, 0.3) is 6.08 Å². The first-order valence-corrected chi connectivity index (χ1v) is 9.56. The number of carbonyl (C=O) groups is 4. The van der Waals surface area contributed by atoms with Gasteiger partial charge in [0.2, 0.25) is 0 Å². The fourth-order valence-electron chi connectivity index (χ4n) is 3.60. The van der Waals surface area contributed by atoms with E-state index in [2.05, 4.69) is 5.32 Å². The molecular formula is C22H25N3O5. The Hall–Kier alpha value is -3.42. The summed E-state index contributed by atoms with van der Waals surface area (Å²) in [6.07, 6.45) is 5.77. The van der Waals surface area contributed by atoms with Gasteiger partial charge < -0.3 is 14.5 Å². The summed E-state index contributed by atoms with van der Waals surface area (Å²) >= 11 is 0. The lowest BCUT2D eigenvalue weighted by Gasteiger charge is -2.35. The number of carbonyl (C=O) groups excluding carboxylic acids is 4. The van der Waals surface area contributed by atoms with E-state index < -0.39 is 29.0 Å². The number of hydrogen-bond donors (Lipinski definition) is 1. The highest BCUT2D eigenvalue weighted by molar-refractivity contribution is 6.10. The number of esters is 1. The van der Waals surface area contributed by atoms with E-state index in [1.165, 1.54) is 22.0 Å². The molecule has 1 aromatic carbocycles. The van der Waals surface area contributed by atoms with Gasteiger partial charge in [-0.3, -0.25) is 14.9 Å². The molecule has 4 amide bonds. The quantitative estimate of drug-likeness (QED) is 0.608. The largest absolute Gasteiger partial charge is 0.457 e. The Labute approximate surface area is 175 Å². The van der Waals surface area contributed by atoms with Crippen molar-refractivity contribution < 1.29 is 23.9 Å². The van der Waals surface area contributed by atoms with Crippen molar-refractivity contribution in [1.82, 2.24) is 10.2 Å². The number of urea groups is 1. The number of imide groups is 1. The molecule has 8 heteroatoms. The molecule has 1 atom stereocenters. The summed E-state index contributed by atoms with van der Waals surface area (Å²) in [4.78, 5) is 52.1. The minimum atomic E-state index is -1.27. The lowest BCUT2D eigenvalue weighted by Crippen LogP contribution is -2.56. The first kappa shape index (κ1) is 21.3. The number of benzene rings is 1. The zero-order valence-electron chi connectivity index (χ0n) is 17.7. The number of nitrogens with zero attached hydrogens (tertiary/aromatic N) is 2. The molecule has 30 heavy (non-hydrogen) atoms. The lowest BCUT2D eigenvalue weighted by atomic mass is 9.90. The third-order valence-corrected chi connectivity index (χ3v) is 5.02. The summed E-state index contributed by atoms with van der Waals surface area (Å²) < 4.78 is 5.26. The van der Waals surface area contributed by atoms with Crippen LogP contribution in [0.3, 0.4) is 0 Å². The van der Waals surface area contributed by atoms with Gasteiger partial charge >= 0.3 is 12.0 Å². The van der Waals surface area contributed by atoms with Crippen LogP contribution < -0.4 is 10.2 Å². The highest BCUT2D eigenvalue weighted by Crippen LogP contribution is 2.44. The van der Waals surface area contributed by atoms with Gasteiger partial charge in [-0.05, 0) is 45.4 Å². The molecule has 1 unspecified atom stereocenters. The molecule has 0 fully saturated rings. The monoisotopic (exact) mass is 411 g/mol. The van der Waals surface area contributed by atoms with E-state index in [-0.39, 0.29) is 12.5 Å². The summed E-state index contributed by atoms with van der Waals surface area (Å²) in [6, 6.07) is 4.67. The van der Waals surface area contributed by atoms with Crippen LogP contribution in [0.4, 0.5) is 10.5 Å². The van der Waals surface area contributed by atoms with Crippen molar-refractivity contribution in [1.29, 1.82) is 0 Å². The van der Waals surface area contributed by atoms with Gasteiger partial charge in [0.1, 0.15) is 11.1 Å². The van der Waals surface area contributed by atoms with Crippen LogP contribution >= 0.6 is 0 Å². The van der Waals surface area contributed by atoms with Gasteiger partial charge in [0.15, 0.2) is 0 Å². The second kappa shape index (κ2) is 7.44. The Morgan fingerprint density at radius 3 is 2.60 bits per heavy atom. The van der Waals surface area contributed by atoms with Crippen LogP contribution in [-0.2, 0) is 24.7 Å². The Morgan fingerprint density at radius 2 is 1.93 bits per heavy atom. The summed E-state index contributed by atoms with van der Waals surface area (Å²) in [6.45, 7) is 7.15. The second-order valence-corrected chi connectivity index (χ2v) is 8.39. The van der Waals surface area contributed by atoms with Crippen molar-refractivity contribution in [3.8, 4) is 0 Å². The van der Waals surface area contributed by atoms with Gasteiger partial charge in [-0.15, -0.1) is 0 Å². The standard InChI is InChI=1S/C22H25N3O5/c1-21(2,3)30-18(27)11-9-14-8-10-15-16(13-14)24(5)19(28)22(15,4)25-12-6-7-17(26)23-20(25)29/h6-11,13H,12H2,1-5H3,(H,23,26,29)/b11-9+. The van der Waals surface area contributed by atoms with Crippen molar-refractivity contribution >= 4 is 35.6 Å². The molecule has 0 spiro atoms.